The monoisotopic (exact) mass is 362 g/mol. The second-order valence-corrected chi connectivity index (χ2v) is 4.41. The van der Waals surface area contributed by atoms with Crippen LogP contribution in [0, 0.1) is 9.39 Å². The zero-order chi connectivity index (χ0) is 13.1. The van der Waals surface area contributed by atoms with Crippen molar-refractivity contribution in [3.63, 3.8) is 0 Å². The number of nitrogens with one attached hydrogen (secondary N) is 2. The fourth-order valence-corrected chi connectivity index (χ4v) is 1.96. The molecule has 2 rings (SSSR count). The van der Waals surface area contributed by atoms with Crippen LogP contribution in [0.25, 0.3) is 0 Å². The number of hydrogen-bond donors (Lipinski definition) is 2. The van der Waals surface area contributed by atoms with Crippen molar-refractivity contribution in [1.29, 1.82) is 0 Å². The molecule has 0 atom stereocenters. The minimum absolute atomic E-state index is 0.124. The van der Waals surface area contributed by atoms with Gasteiger partial charge in [0, 0.05) is 3.57 Å². The van der Waals surface area contributed by atoms with Crippen molar-refractivity contribution in [3.05, 3.63) is 33.1 Å². The molecule has 1 aromatic carbocycles. The second kappa shape index (κ2) is 5.29. The maximum Gasteiger partial charge on any atom is 0.336 e. The van der Waals surface area contributed by atoms with Crippen LogP contribution in [-0.4, -0.2) is 28.2 Å². The number of methoxy groups -OCH3 is 1. The number of aromatic nitrogens is 3. The van der Waals surface area contributed by atoms with Crippen LogP contribution < -0.4 is 10.1 Å². The lowest BCUT2D eigenvalue weighted by Gasteiger charge is -2.03. The molecule has 0 aliphatic carbocycles. The van der Waals surface area contributed by atoms with E-state index in [4.69, 9.17) is 4.74 Å². The molecule has 1 heterocycles. The number of rotatable bonds is 3. The van der Waals surface area contributed by atoms with Gasteiger partial charge in [0.05, 0.1) is 12.7 Å². The average molecular weight is 362 g/mol. The first-order valence-corrected chi connectivity index (χ1v) is 5.91. The van der Waals surface area contributed by atoms with E-state index in [0.717, 1.165) is 0 Å². The smallest absolute Gasteiger partial charge is 0.336 e. The summed E-state index contributed by atoms with van der Waals surface area (Å²) in [7, 11) is 1.41. The highest BCUT2D eigenvalue weighted by Gasteiger charge is 2.13. The van der Waals surface area contributed by atoms with Crippen LogP contribution in [0.3, 0.4) is 0 Å². The number of ether oxygens (including phenoxy) is 1. The first-order chi connectivity index (χ1) is 8.60. The fourth-order valence-electron chi connectivity index (χ4n) is 1.24. The average Bonchev–Trinajstić information content (AvgIpc) is 2.76. The predicted molar refractivity (Wildman–Crippen MR) is 70.0 cm³/mol. The molecule has 2 aromatic rings. The lowest BCUT2D eigenvalue weighted by Crippen LogP contribution is -2.14. The Balaban J connectivity index is 2.16. The van der Waals surface area contributed by atoms with Gasteiger partial charge < -0.3 is 4.74 Å². The molecule has 0 bridgehead atoms. The van der Waals surface area contributed by atoms with Crippen LogP contribution in [-0.2, 0) is 0 Å². The van der Waals surface area contributed by atoms with Crippen molar-refractivity contribution < 1.29 is 13.9 Å². The highest BCUT2D eigenvalue weighted by Crippen LogP contribution is 2.15. The van der Waals surface area contributed by atoms with Crippen molar-refractivity contribution in [2.75, 3.05) is 12.4 Å². The molecule has 0 unspecified atom stereocenters. The minimum Gasteiger partial charge on any atom is -0.466 e. The molecule has 0 aliphatic rings. The van der Waals surface area contributed by atoms with Gasteiger partial charge in [-0.25, -0.2) is 9.49 Å². The summed E-state index contributed by atoms with van der Waals surface area (Å²) in [5.74, 6) is -0.632. The molecule has 94 valence electrons. The van der Waals surface area contributed by atoms with Crippen LogP contribution in [0.5, 0.6) is 6.01 Å². The number of H-pyrrole nitrogens is 1. The lowest BCUT2D eigenvalue weighted by atomic mass is 10.2. The van der Waals surface area contributed by atoms with E-state index in [-0.39, 0.29) is 12.0 Å². The standard InChI is InChI=1S/C10H8FIN4O2/c1-18-10-14-9(15-16-10)13-8(17)6-3-2-5(11)4-7(6)12/h2-4H,1H3,(H2,13,14,15,16,17). The zero-order valence-electron chi connectivity index (χ0n) is 9.20. The third-order valence-corrected chi connectivity index (χ3v) is 2.95. The maximum absolute atomic E-state index is 12.9. The quantitative estimate of drug-likeness (QED) is 0.817. The maximum atomic E-state index is 12.9. The number of carbonyl (C=O) groups excluding carboxylic acids is 1. The Morgan fingerprint density at radius 1 is 1.56 bits per heavy atom. The normalized spacial score (nSPS) is 10.2. The van der Waals surface area contributed by atoms with E-state index in [1.165, 1.54) is 25.3 Å². The van der Waals surface area contributed by atoms with E-state index in [2.05, 4.69) is 20.5 Å². The molecule has 8 heteroatoms. The number of halogens is 2. The number of carbonyl (C=O) groups is 1. The van der Waals surface area contributed by atoms with Gasteiger partial charge in [0.25, 0.3) is 5.91 Å². The topological polar surface area (TPSA) is 79.9 Å². The Morgan fingerprint density at radius 3 is 2.94 bits per heavy atom. The summed E-state index contributed by atoms with van der Waals surface area (Å²) in [5.41, 5.74) is 0.354. The molecule has 2 N–H and O–H groups in total. The molecular weight excluding hydrogens is 354 g/mol. The number of aromatic amines is 1. The van der Waals surface area contributed by atoms with E-state index >= 15 is 0 Å². The first-order valence-electron chi connectivity index (χ1n) is 4.83. The molecule has 0 saturated heterocycles. The summed E-state index contributed by atoms with van der Waals surface area (Å²) in [6, 6.07) is 4.02. The number of nitrogens with zero attached hydrogens (tertiary/aromatic N) is 2. The number of anilines is 1. The van der Waals surface area contributed by atoms with E-state index < -0.39 is 11.7 Å². The van der Waals surface area contributed by atoms with Crippen LogP contribution in [0.4, 0.5) is 10.3 Å². The molecule has 1 amide bonds. The van der Waals surface area contributed by atoms with Crippen molar-refractivity contribution in [2.24, 2.45) is 0 Å². The van der Waals surface area contributed by atoms with Gasteiger partial charge in [-0.1, -0.05) is 0 Å². The third kappa shape index (κ3) is 2.75. The van der Waals surface area contributed by atoms with Gasteiger partial charge in [0.1, 0.15) is 5.82 Å². The van der Waals surface area contributed by atoms with E-state index in [9.17, 15) is 9.18 Å². The summed E-state index contributed by atoms with van der Waals surface area (Å²) in [6.07, 6.45) is 0. The number of benzene rings is 1. The van der Waals surface area contributed by atoms with Gasteiger partial charge in [0.2, 0.25) is 5.95 Å². The Bertz CT molecular complexity index is 587. The largest absolute Gasteiger partial charge is 0.466 e. The second-order valence-electron chi connectivity index (χ2n) is 3.25. The molecule has 1 aromatic heterocycles. The molecule has 0 spiro atoms. The van der Waals surface area contributed by atoms with Crippen molar-refractivity contribution in [2.45, 2.75) is 0 Å². The highest BCUT2D eigenvalue weighted by atomic mass is 127. The molecule has 0 saturated carbocycles. The summed E-state index contributed by atoms with van der Waals surface area (Å²) < 4.78 is 18.2. The van der Waals surface area contributed by atoms with Gasteiger partial charge in [-0.15, -0.1) is 5.10 Å². The molecule has 0 aliphatic heterocycles. The van der Waals surface area contributed by atoms with Gasteiger partial charge in [0.15, 0.2) is 0 Å². The Kier molecular flexibility index (Phi) is 3.75. The van der Waals surface area contributed by atoms with E-state index in [1.807, 2.05) is 22.6 Å². The molecule has 6 nitrogen and oxygen atoms in total. The minimum atomic E-state index is -0.404. The third-order valence-electron chi connectivity index (χ3n) is 2.06. The Labute approximate surface area is 115 Å². The Hall–Kier alpha value is -1.71. The summed E-state index contributed by atoms with van der Waals surface area (Å²) in [5, 5.41) is 8.67. The SMILES string of the molecule is COc1n[nH]c(NC(=O)c2ccc(F)cc2I)n1. The summed E-state index contributed by atoms with van der Waals surface area (Å²) in [4.78, 5) is 15.7. The first kappa shape index (κ1) is 12.7. The Morgan fingerprint density at radius 2 is 2.33 bits per heavy atom. The molecule has 18 heavy (non-hydrogen) atoms. The summed E-state index contributed by atoms with van der Waals surface area (Å²) >= 11 is 1.88. The van der Waals surface area contributed by atoms with Crippen molar-refractivity contribution >= 4 is 34.4 Å². The predicted octanol–water partition coefficient (Wildman–Crippen LogP) is 1.81. The lowest BCUT2D eigenvalue weighted by molar-refractivity contribution is 0.102. The highest BCUT2D eigenvalue weighted by molar-refractivity contribution is 14.1. The molecule has 0 fully saturated rings. The number of hydrogen-bond acceptors (Lipinski definition) is 4. The number of amides is 1. The van der Waals surface area contributed by atoms with E-state index in [1.54, 1.807) is 0 Å². The van der Waals surface area contributed by atoms with Crippen LogP contribution in [0.1, 0.15) is 10.4 Å². The van der Waals surface area contributed by atoms with Gasteiger partial charge in [-0.2, -0.15) is 4.98 Å². The fraction of sp³-hybridized carbons (Fsp3) is 0.100. The van der Waals surface area contributed by atoms with E-state index in [0.29, 0.717) is 9.13 Å². The van der Waals surface area contributed by atoms with Gasteiger partial charge in [-0.3, -0.25) is 10.1 Å². The van der Waals surface area contributed by atoms with Crippen LogP contribution in [0.2, 0.25) is 0 Å². The van der Waals surface area contributed by atoms with Crippen molar-refractivity contribution in [1.82, 2.24) is 15.2 Å². The van der Waals surface area contributed by atoms with Crippen LogP contribution in [0.15, 0.2) is 18.2 Å². The summed E-state index contributed by atoms with van der Waals surface area (Å²) in [6.45, 7) is 0. The van der Waals surface area contributed by atoms with Crippen LogP contribution >= 0.6 is 22.6 Å². The zero-order valence-corrected chi connectivity index (χ0v) is 11.4. The molecule has 0 radical (unpaired) electrons. The van der Waals surface area contributed by atoms with Gasteiger partial charge >= 0.3 is 6.01 Å². The molecular formula is C10H8FIN4O2. The van der Waals surface area contributed by atoms with Gasteiger partial charge in [-0.05, 0) is 40.8 Å². The van der Waals surface area contributed by atoms with Crippen molar-refractivity contribution in [3.8, 4) is 6.01 Å².